The van der Waals surface area contributed by atoms with Crippen molar-refractivity contribution >= 4 is 17.7 Å². The smallest absolute Gasteiger partial charge is 0.313 e. The van der Waals surface area contributed by atoms with Gasteiger partial charge in [-0.3, -0.25) is 14.5 Å². The quantitative estimate of drug-likeness (QED) is 0.329. The lowest BCUT2D eigenvalue weighted by Crippen LogP contribution is -2.54. The SMILES string of the molecule is C#C/C=C\C(=C/C)C(=O)CN1C(=O)N(C)C(C)(C2CCCCC2C)C1=O. The molecule has 5 nitrogen and oxygen atoms in total. The third-order valence-corrected chi connectivity index (χ3v) is 6.02. The summed E-state index contributed by atoms with van der Waals surface area (Å²) in [5, 5.41) is 0. The molecular formula is C21H28N2O3. The van der Waals surface area contributed by atoms with E-state index in [4.69, 9.17) is 6.42 Å². The number of Topliss-reactive ketones (excluding diaryl/α,β-unsaturated/α-hetero) is 1. The average Bonchev–Trinajstić information content (AvgIpc) is 2.79. The Kier molecular flexibility index (Phi) is 6.07. The first-order valence-electron chi connectivity index (χ1n) is 9.21. The van der Waals surface area contributed by atoms with Crippen molar-refractivity contribution in [2.45, 2.75) is 52.0 Å². The summed E-state index contributed by atoms with van der Waals surface area (Å²) in [4.78, 5) is 41.1. The molecule has 3 atom stereocenters. The number of urea groups is 1. The first-order valence-corrected chi connectivity index (χ1v) is 9.21. The minimum absolute atomic E-state index is 0.111. The fourth-order valence-electron chi connectivity index (χ4n) is 4.30. The monoisotopic (exact) mass is 356 g/mol. The van der Waals surface area contributed by atoms with E-state index in [1.807, 2.05) is 6.92 Å². The summed E-state index contributed by atoms with van der Waals surface area (Å²) < 4.78 is 0. The largest absolute Gasteiger partial charge is 0.327 e. The highest BCUT2D eigenvalue weighted by molar-refractivity contribution is 6.11. The van der Waals surface area contributed by atoms with Crippen LogP contribution >= 0.6 is 0 Å². The summed E-state index contributed by atoms with van der Waals surface area (Å²) in [6.07, 6.45) is 14.0. The fourth-order valence-corrected chi connectivity index (χ4v) is 4.30. The van der Waals surface area contributed by atoms with Crippen molar-refractivity contribution in [1.82, 2.24) is 9.80 Å². The third kappa shape index (κ3) is 3.33. The second kappa shape index (κ2) is 7.90. The Morgan fingerprint density at radius 1 is 1.35 bits per heavy atom. The Bertz CT molecular complexity index is 701. The van der Waals surface area contributed by atoms with E-state index in [-0.39, 0.29) is 24.2 Å². The van der Waals surface area contributed by atoms with Gasteiger partial charge >= 0.3 is 6.03 Å². The van der Waals surface area contributed by atoms with E-state index in [0.717, 1.165) is 30.6 Å². The molecule has 0 N–H and O–H groups in total. The van der Waals surface area contributed by atoms with Gasteiger partial charge in [0, 0.05) is 12.6 Å². The summed E-state index contributed by atoms with van der Waals surface area (Å²) in [7, 11) is 1.67. The number of terminal acetylenes is 1. The van der Waals surface area contributed by atoms with Gasteiger partial charge < -0.3 is 4.90 Å². The summed E-state index contributed by atoms with van der Waals surface area (Å²) in [5.41, 5.74) is -0.493. The molecule has 1 saturated carbocycles. The topological polar surface area (TPSA) is 57.7 Å². The summed E-state index contributed by atoms with van der Waals surface area (Å²) in [6, 6.07) is -0.403. The maximum absolute atomic E-state index is 13.2. The van der Waals surface area contributed by atoms with Gasteiger partial charge in [0.2, 0.25) is 0 Å². The minimum Gasteiger partial charge on any atom is -0.313 e. The van der Waals surface area contributed by atoms with Crippen LogP contribution in [0.1, 0.15) is 46.5 Å². The minimum atomic E-state index is -0.887. The van der Waals surface area contributed by atoms with Crippen molar-refractivity contribution in [3.8, 4) is 12.3 Å². The van der Waals surface area contributed by atoms with Crippen LogP contribution in [0, 0.1) is 24.2 Å². The number of rotatable bonds is 5. The second-order valence-corrected chi connectivity index (χ2v) is 7.42. The molecule has 0 aromatic rings. The first-order chi connectivity index (χ1) is 12.3. The molecule has 1 aliphatic heterocycles. The first kappa shape index (κ1) is 20.0. The van der Waals surface area contributed by atoms with Crippen LogP contribution in [0.15, 0.2) is 23.8 Å². The predicted molar refractivity (Wildman–Crippen MR) is 101 cm³/mol. The van der Waals surface area contributed by atoms with Crippen LogP contribution < -0.4 is 0 Å². The second-order valence-electron chi connectivity index (χ2n) is 7.42. The van der Waals surface area contributed by atoms with Crippen LogP contribution in [0.5, 0.6) is 0 Å². The lowest BCUT2D eigenvalue weighted by atomic mass is 9.69. The van der Waals surface area contributed by atoms with Crippen molar-refractivity contribution in [2.24, 2.45) is 11.8 Å². The van der Waals surface area contributed by atoms with Gasteiger partial charge in [0.1, 0.15) is 5.54 Å². The van der Waals surface area contributed by atoms with E-state index in [1.54, 1.807) is 20.0 Å². The van der Waals surface area contributed by atoms with E-state index >= 15 is 0 Å². The number of imide groups is 1. The molecule has 140 valence electrons. The number of hydrogen-bond donors (Lipinski definition) is 0. The molecule has 5 heteroatoms. The van der Waals surface area contributed by atoms with Crippen molar-refractivity contribution in [2.75, 3.05) is 13.6 Å². The zero-order valence-electron chi connectivity index (χ0n) is 16.1. The average molecular weight is 356 g/mol. The number of nitrogens with zero attached hydrogens (tertiary/aromatic N) is 2. The molecule has 0 aromatic heterocycles. The maximum atomic E-state index is 13.2. The van der Waals surface area contributed by atoms with Crippen LogP contribution in [0.2, 0.25) is 0 Å². The summed E-state index contributed by atoms with van der Waals surface area (Å²) >= 11 is 0. The van der Waals surface area contributed by atoms with Gasteiger partial charge in [-0.2, -0.15) is 0 Å². The molecule has 0 aromatic carbocycles. The molecule has 3 amide bonds. The highest BCUT2D eigenvalue weighted by Crippen LogP contribution is 2.43. The Morgan fingerprint density at radius 3 is 2.58 bits per heavy atom. The van der Waals surface area contributed by atoms with Crippen molar-refractivity contribution in [3.05, 3.63) is 23.8 Å². The van der Waals surface area contributed by atoms with Gasteiger partial charge in [-0.1, -0.05) is 38.2 Å². The molecule has 2 fully saturated rings. The molecular weight excluding hydrogens is 328 g/mol. The molecule has 1 saturated heterocycles. The van der Waals surface area contributed by atoms with E-state index in [1.165, 1.54) is 17.1 Å². The van der Waals surface area contributed by atoms with E-state index in [0.29, 0.717) is 11.5 Å². The van der Waals surface area contributed by atoms with E-state index in [2.05, 4.69) is 12.8 Å². The summed E-state index contributed by atoms with van der Waals surface area (Å²) in [5.74, 6) is 2.25. The molecule has 3 unspecified atom stereocenters. The maximum Gasteiger partial charge on any atom is 0.327 e. The molecule has 1 aliphatic carbocycles. The zero-order chi connectivity index (χ0) is 19.5. The molecule has 0 spiro atoms. The predicted octanol–water partition coefficient (Wildman–Crippen LogP) is 3.17. The number of amides is 3. The molecule has 0 bridgehead atoms. The van der Waals surface area contributed by atoms with Crippen molar-refractivity contribution in [1.29, 1.82) is 0 Å². The fraction of sp³-hybridized carbons (Fsp3) is 0.571. The van der Waals surface area contributed by atoms with Crippen molar-refractivity contribution in [3.63, 3.8) is 0 Å². The Hall–Kier alpha value is -2.35. The highest BCUT2D eigenvalue weighted by atomic mass is 16.2. The van der Waals surface area contributed by atoms with Crippen LogP contribution in [0.25, 0.3) is 0 Å². The summed E-state index contributed by atoms with van der Waals surface area (Å²) in [6.45, 7) is 5.46. The molecule has 2 rings (SSSR count). The molecule has 0 radical (unpaired) electrons. The number of ketones is 1. The van der Waals surface area contributed by atoms with Gasteiger partial charge in [0.05, 0.1) is 6.54 Å². The number of allylic oxidation sites excluding steroid dienone is 3. The standard InChI is InChI=1S/C21H28N2O3/c1-6-8-12-16(7-2)18(24)14-23-19(25)21(4,22(5)20(23)26)17-13-10-9-11-15(17)3/h1,7-8,12,15,17H,9-11,13-14H2,2-5H3/b12-8-,16-7+. The Morgan fingerprint density at radius 2 is 2.00 bits per heavy atom. The lowest BCUT2D eigenvalue weighted by molar-refractivity contribution is -0.138. The molecule has 2 aliphatic rings. The van der Waals surface area contributed by atoms with Crippen LogP contribution in [-0.4, -0.2) is 46.7 Å². The van der Waals surface area contributed by atoms with Gasteiger partial charge in [-0.15, -0.1) is 6.42 Å². The normalized spacial score (nSPS) is 30.2. The zero-order valence-corrected chi connectivity index (χ0v) is 16.1. The number of carbonyl (C=O) groups is 3. The molecule has 1 heterocycles. The van der Waals surface area contributed by atoms with Crippen LogP contribution in [0.3, 0.4) is 0 Å². The number of likely N-dealkylation sites (N-methyl/N-ethyl adjacent to an activating group) is 1. The number of carbonyl (C=O) groups excluding carboxylic acids is 3. The Labute approximate surface area is 156 Å². The van der Waals surface area contributed by atoms with Gasteiger partial charge in [0.15, 0.2) is 5.78 Å². The van der Waals surface area contributed by atoms with Gasteiger partial charge in [-0.25, -0.2) is 4.79 Å². The molecule has 26 heavy (non-hydrogen) atoms. The Balaban J connectivity index is 2.25. The highest BCUT2D eigenvalue weighted by Gasteiger charge is 2.58. The number of hydrogen-bond acceptors (Lipinski definition) is 3. The van der Waals surface area contributed by atoms with Crippen molar-refractivity contribution < 1.29 is 14.4 Å². The van der Waals surface area contributed by atoms with Crippen LogP contribution in [0.4, 0.5) is 4.79 Å². The van der Waals surface area contributed by atoms with Gasteiger partial charge in [0.25, 0.3) is 5.91 Å². The third-order valence-electron chi connectivity index (χ3n) is 6.02. The van der Waals surface area contributed by atoms with Gasteiger partial charge in [-0.05, 0) is 44.3 Å². The van der Waals surface area contributed by atoms with Crippen LogP contribution in [-0.2, 0) is 9.59 Å². The van der Waals surface area contributed by atoms with E-state index in [9.17, 15) is 14.4 Å². The lowest BCUT2D eigenvalue weighted by Gasteiger charge is -2.42. The van der Waals surface area contributed by atoms with E-state index < -0.39 is 11.6 Å².